The SMILES string of the molecule is CC(C)N(Cc1c(F)cccc1Cl)C(=O)C1CCCN(C(=O)OC(C)(C)C)C1. The molecule has 1 aliphatic rings. The van der Waals surface area contributed by atoms with Gasteiger partial charge in [0, 0.05) is 29.7 Å². The van der Waals surface area contributed by atoms with Crippen LogP contribution in [0.1, 0.15) is 53.0 Å². The Balaban J connectivity index is 2.13. The summed E-state index contributed by atoms with van der Waals surface area (Å²) in [5, 5.41) is 0.303. The number of hydrogen-bond donors (Lipinski definition) is 0. The van der Waals surface area contributed by atoms with E-state index in [2.05, 4.69) is 0 Å². The van der Waals surface area contributed by atoms with E-state index in [1.165, 1.54) is 6.07 Å². The summed E-state index contributed by atoms with van der Waals surface area (Å²) in [4.78, 5) is 28.8. The van der Waals surface area contributed by atoms with Gasteiger partial charge in [-0.1, -0.05) is 17.7 Å². The normalized spacial score (nSPS) is 17.6. The van der Waals surface area contributed by atoms with Gasteiger partial charge in [0.25, 0.3) is 0 Å². The van der Waals surface area contributed by atoms with E-state index in [4.69, 9.17) is 16.3 Å². The molecular weight excluding hydrogens is 383 g/mol. The Hall–Kier alpha value is -1.82. The van der Waals surface area contributed by atoms with Crippen LogP contribution in [0, 0.1) is 11.7 Å². The number of carbonyl (C=O) groups excluding carboxylic acids is 2. The van der Waals surface area contributed by atoms with Crippen LogP contribution in [-0.4, -0.2) is 46.5 Å². The molecule has 0 bridgehead atoms. The van der Waals surface area contributed by atoms with E-state index in [1.807, 2.05) is 34.6 Å². The van der Waals surface area contributed by atoms with E-state index in [-0.39, 0.29) is 24.4 Å². The minimum Gasteiger partial charge on any atom is -0.444 e. The third kappa shape index (κ3) is 5.84. The van der Waals surface area contributed by atoms with Gasteiger partial charge in [0.2, 0.25) is 5.91 Å². The molecule has 156 valence electrons. The first-order valence-corrected chi connectivity index (χ1v) is 10.1. The number of rotatable bonds is 4. The van der Waals surface area contributed by atoms with Gasteiger partial charge in [0.1, 0.15) is 11.4 Å². The molecule has 1 unspecified atom stereocenters. The number of amides is 2. The standard InChI is InChI=1S/C21H30ClFN2O3/c1-14(2)25(13-16-17(22)9-6-10-18(16)23)19(26)15-8-7-11-24(12-15)20(27)28-21(3,4)5/h6,9-10,14-15H,7-8,11-13H2,1-5H3. The second-order valence-corrected chi connectivity index (χ2v) is 8.93. The number of carbonyl (C=O) groups is 2. The molecule has 1 aliphatic heterocycles. The van der Waals surface area contributed by atoms with Gasteiger partial charge in [-0.25, -0.2) is 9.18 Å². The van der Waals surface area contributed by atoms with E-state index < -0.39 is 17.5 Å². The van der Waals surface area contributed by atoms with Crippen LogP contribution < -0.4 is 0 Å². The summed E-state index contributed by atoms with van der Waals surface area (Å²) in [6.07, 6.45) is 1.01. The molecule has 2 amide bonds. The highest BCUT2D eigenvalue weighted by Gasteiger charge is 2.34. The van der Waals surface area contributed by atoms with Gasteiger partial charge in [-0.05, 0) is 59.6 Å². The van der Waals surface area contributed by atoms with Gasteiger partial charge in [0.05, 0.1) is 12.5 Å². The van der Waals surface area contributed by atoms with Crippen molar-refractivity contribution >= 4 is 23.6 Å². The summed E-state index contributed by atoms with van der Waals surface area (Å²) in [5.74, 6) is -0.859. The van der Waals surface area contributed by atoms with Crippen molar-refractivity contribution in [2.75, 3.05) is 13.1 Å². The Kier molecular flexibility index (Phi) is 7.32. The first-order valence-electron chi connectivity index (χ1n) is 9.71. The van der Waals surface area contributed by atoms with Crippen LogP contribution in [0.3, 0.4) is 0 Å². The maximum absolute atomic E-state index is 14.2. The third-order valence-electron chi connectivity index (χ3n) is 4.72. The molecule has 1 saturated heterocycles. The minimum atomic E-state index is -0.584. The monoisotopic (exact) mass is 412 g/mol. The van der Waals surface area contributed by atoms with Crippen LogP contribution in [0.4, 0.5) is 9.18 Å². The molecule has 0 saturated carbocycles. The number of benzene rings is 1. The smallest absolute Gasteiger partial charge is 0.410 e. The Morgan fingerprint density at radius 2 is 2.04 bits per heavy atom. The molecule has 1 aromatic rings. The summed E-state index contributed by atoms with van der Waals surface area (Å²) in [6.45, 7) is 10.2. The van der Waals surface area contributed by atoms with E-state index in [1.54, 1.807) is 21.9 Å². The Morgan fingerprint density at radius 1 is 1.36 bits per heavy atom. The molecule has 0 aromatic heterocycles. The zero-order valence-electron chi connectivity index (χ0n) is 17.3. The lowest BCUT2D eigenvalue weighted by Gasteiger charge is -2.37. The number of halogens is 2. The van der Waals surface area contributed by atoms with Gasteiger partial charge in [-0.2, -0.15) is 0 Å². The molecule has 5 nitrogen and oxygen atoms in total. The quantitative estimate of drug-likeness (QED) is 0.709. The van der Waals surface area contributed by atoms with Gasteiger partial charge in [-0.3, -0.25) is 4.79 Å². The number of hydrogen-bond acceptors (Lipinski definition) is 3. The zero-order valence-corrected chi connectivity index (χ0v) is 18.1. The highest BCUT2D eigenvalue weighted by Crippen LogP contribution is 2.26. The molecule has 1 fully saturated rings. The summed E-state index contributed by atoms with van der Waals surface area (Å²) < 4.78 is 19.6. The molecule has 0 radical (unpaired) electrons. The molecule has 0 N–H and O–H groups in total. The fraction of sp³-hybridized carbons (Fsp3) is 0.619. The van der Waals surface area contributed by atoms with Crippen molar-refractivity contribution in [3.63, 3.8) is 0 Å². The zero-order chi connectivity index (χ0) is 21.1. The average Bonchev–Trinajstić information content (AvgIpc) is 2.59. The fourth-order valence-electron chi connectivity index (χ4n) is 3.27. The predicted molar refractivity (Wildman–Crippen MR) is 108 cm³/mol. The predicted octanol–water partition coefficient (Wildman–Crippen LogP) is 4.86. The lowest BCUT2D eigenvalue weighted by atomic mass is 9.96. The van der Waals surface area contributed by atoms with Crippen molar-refractivity contribution in [3.05, 3.63) is 34.6 Å². The molecule has 0 aliphatic carbocycles. The van der Waals surface area contributed by atoms with Gasteiger partial charge in [-0.15, -0.1) is 0 Å². The minimum absolute atomic E-state index is 0.0948. The van der Waals surface area contributed by atoms with Gasteiger partial charge in [0.15, 0.2) is 0 Å². The Morgan fingerprint density at radius 3 is 2.61 bits per heavy atom. The lowest BCUT2D eigenvalue weighted by molar-refractivity contribution is -0.139. The van der Waals surface area contributed by atoms with E-state index in [0.717, 1.165) is 6.42 Å². The second kappa shape index (κ2) is 9.12. The molecule has 7 heteroatoms. The third-order valence-corrected chi connectivity index (χ3v) is 5.07. The first kappa shape index (κ1) is 22.5. The number of piperidine rings is 1. The van der Waals surface area contributed by atoms with Crippen molar-refractivity contribution in [1.82, 2.24) is 9.80 Å². The number of likely N-dealkylation sites (tertiary alicyclic amines) is 1. The maximum atomic E-state index is 14.2. The molecule has 28 heavy (non-hydrogen) atoms. The summed E-state index contributed by atoms with van der Waals surface area (Å²) in [5.41, 5.74) is -0.273. The summed E-state index contributed by atoms with van der Waals surface area (Å²) in [6, 6.07) is 4.38. The number of ether oxygens (including phenoxy) is 1. The van der Waals surface area contributed by atoms with Crippen molar-refractivity contribution < 1.29 is 18.7 Å². The van der Waals surface area contributed by atoms with E-state index in [0.29, 0.717) is 30.1 Å². The van der Waals surface area contributed by atoms with Crippen molar-refractivity contribution in [2.45, 2.75) is 65.6 Å². The molecule has 1 heterocycles. The van der Waals surface area contributed by atoms with Crippen molar-refractivity contribution in [3.8, 4) is 0 Å². The van der Waals surface area contributed by atoms with Crippen molar-refractivity contribution in [2.24, 2.45) is 5.92 Å². The van der Waals surface area contributed by atoms with Crippen LogP contribution in [-0.2, 0) is 16.1 Å². The highest BCUT2D eigenvalue weighted by molar-refractivity contribution is 6.31. The van der Waals surface area contributed by atoms with Crippen LogP contribution in [0.5, 0.6) is 0 Å². The van der Waals surface area contributed by atoms with Gasteiger partial charge < -0.3 is 14.5 Å². The molecule has 1 aromatic carbocycles. The fourth-order valence-corrected chi connectivity index (χ4v) is 3.50. The maximum Gasteiger partial charge on any atom is 0.410 e. The highest BCUT2D eigenvalue weighted by atomic mass is 35.5. The average molecular weight is 413 g/mol. The van der Waals surface area contributed by atoms with Crippen LogP contribution in [0.2, 0.25) is 5.02 Å². The topological polar surface area (TPSA) is 49.9 Å². The molecule has 2 rings (SSSR count). The summed E-state index contributed by atoms with van der Waals surface area (Å²) >= 11 is 6.15. The largest absolute Gasteiger partial charge is 0.444 e. The van der Waals surface area contributed by atoms with Crippen LogP contribution >= 0.6 is 11.6 Å². The Bertz CT molecular complexity index is 698. The van der Waals surface area contributed by atoms with Crippen LogP contribution in [0.15, 0.2) is 18.2 Å². The van der Waals surface area contributed by atoms with Crippen molar-refractivity contribution in [1.29, 1.82) is 0 Å². The number of nitrogens with zero attached hydrogens (tertiary/aromatic N) is 2. The van der Waals surface area contributed by atoms with Crippen LogP contribution in [0.25, 0.3) is 0 Å². The Labute approximate surface area is 171 Å². The van der Waals surface area contributed by atoms with E-state index in [9.17, 15) is 14.0 Å². The first-order chi connectivity index (χ1) is 13.0. The second-order valence-electron chi connectivity index (χ2n) is 8.53. The lowest BCUT2D eigenvalue weighted by Crippen LogP contribution is -2.49. The van der Waals surface area contributed by atoms with E-state index >= 15 is 0 Å². The molecule has 1 atom stereocenters. The molecular formula is C21H30ClFN2O3. The van der Waals surface area contributed by atoms with Gasteiger partial charge >= 0.3 is 6.09 Å². The summed E-state index contributed by atoms with van der Waals surface area (Å²) in [7, 11) is 0. The molecule has 0 spiro atoms.